The first kappa shape index (κ1) is 16.0. The van der Waals surface area contributed by atoms with Gasteiger partial charge < -0.3 is 0 Å². The average Bonchev–Trinajstić information content (AvgIpc) is 2.41. The number of sulfonamides is 1. The topological polar surface area (TPSA) is 37.4 Å². The van der Waals surface area contributed by atoms with Crippen molar-refractivity contribution in [3.05, 3.63) is 58.1 Å². The molecule has 0 aromatic heterocycles. The van der Waals surface area contributed by atoms with E-state index in [1.807, 2.05) is 51.1 Å². The van der Waals surface area contributed by atoms with Crippen molar-refractivity contribution in [1.29, 1.82) is 0 Å². The van der Waals surface area contributed by atoms with Crippen LogP contribution in [0, 0.1) is 13.8 Å². The van der Waals surface area contributed by atoms with E-state index < -0.39 is 10.0 Å². The van der Waals surface area contributed by atoms with Gasteiger partial charge in [0.1, 0.15) is 4.90 Å². The van der Waals surface area contributed by atoms with Crippen molar-refractivity contribution in [1.82, 2.24) is 0 Å². The third-order valence-corrected chi connectivity index (χ3v) is 6.14. The van der Waals surface area contributed by atoms with Crippen LogP contribution in [0.1, 0.15) is 18.1 Å². The first-order valence-electron chi connectivity index (χ1n) is 6.72. The van der Waals surface area contributed by atoms with Gasteiger partial charge in [0, 0.05) is 11.0 Å². The number of benzene rings is 2. The zero-order chi connectivity index (χ0) is 15.6. The number of aryl methyl sites for hydroxylation is 2. The van der Waals surface area contributed by atoms with Crippen molar-refractivity contribution in [3.63, 3.8) is 0 Å². The molecule has 112 valence electrons. The molecule has 2 rings (SSSR count). The summed E-state index contributed by atoms with van der Waals surface area (Å²) in [6.07, 6.45) is 0. The van der Waals surface area contributed by atoms with Gasteiger partial charge in [-0.25, -0.2) is 8.42 Å². The summed E-state index contributed by atoms with van der Waals surface area (Å²) in [5, 5.41) is 0. The molecule has 0 fully saturated rings. The fraction of sp³-hybridized carbons (Fsp3) is 0.250. The number of halogens is 1. The van der Waals surface area contributed by atoms with E-state index in [0.29, 0.717) is 16.7 Å². The molecule has 2 aromatic rings. The Kier molecular flexibility index (Phi) is 4.74. The van der Waals surface area contributed by atoms with Crippen LogP contribution in [-0.2, 0) is 10.0 Å². The Morgan fingerprint density at radius 2 is 1.57 bits per heavy atom. The Balaban J connectivity index is 2.51. The molecular weight excluding hydrogens is 350 g/mol. The number of rotatable bonds is 4. The molecule has 0 aliphatic rings. The van der Waals surface area contributed by atoms with Crippen molar-refractivity contribution in [2.75, 3.05) is 10.8 Å². The molecule has 21 heavy (non-hydrogen) atoms. The Hall–Kier alpha value is -1.33. The maximum absolute atomic E-state index is 12.9. The Morgan fingerprint density at radius 3 is 2.10 bits per heavy atom. The fourth-order valence-corrected chi connectivity index (χ4v) is 4.77. The molecule has 0 unspecified atom stereocenters. The number of hydrogen-bond donors (Lipinski definition) is 0. The van der Waals surface area contributed by atoms with Crippen molar-refractivity contribution in [3.8, 4) is 0 Å². The van der Waals surface area contributed by atoms with Gasteiger partial charge in [0.25, 0.3) is 10.0 Å². The second kappa shape index (κ2) is 6.20. The van der Waals surface area contributed by atoms with Crippen LogP contribution in [0.15, 0.2) is 51.8 Å². The third kappa shape index (κ3) is 3.30. The Bertz CT molecular complexity index is 739. The van der Waals surface area contributed by atoms with E-state index >= 15 is 0 Å². The molecule has 0 radical (unpaired) electrons. The number of anilines is 1. The smallest absolute Gasteiger partial charge is 0.265 e. The molecule has 0 aliphatic carbocycles. The van der Waals surface area contributed by atoms with E-state index in [1.165, 1.54) is 4.31 Å². The van der Waals surface area contributed by atoms with Gasteiger partial charge in [0.15, 0.2) is 0 Å². The minimum Gasteiger partial charge on any atom is -0.267 e. The maximum atomic E-state index is 12.9. The predicted molar refractivity (Wildman–Crippen MR) is 90.3 cm³/mol. The van der Waals surface area contributed by atoms with Gasteiger partial charge in [-0.3, -0.25) is 4.31 Å². The van der Waals surface area contributed by atoms with Gasteiger partial charge in [0.05, 0.1) is 5.69 Å². The van der Waals surface area contributed by atoms with E-state index in [4.69, 9.17) is 0 Å². The fourth-order valence-electron chi connectivity index (χ4n) is 2.14. The summed E-state index contributed by atoms with van der Waals surface area (Å²) >= 11 is 3.36. The highest BCUT2D eigenvalue weighted by Crippen LogP contribution is 2.29. The van der Waals surface area contributed by atoms with Crippen molar-refractivity contribution in [2.24, 2.45) is 0 Å². The quantitative estimate of drug-likeness (QED) is 0.808. The van der Waals surface area contributed by atoms with Crippen LogP contribution in [0.3, 0.4) is 0 Å². The Labute approximate surface area is 134 Å². The lowest BCUT2D eigenvalue weighted by Gasteiger charge is -2.23. The second-order valence-electron chi connectivity index (χ2n) is 4.94. The third-order valence-electron chi connectivity index (χ3n) is 3.26. The van der Waals surface area contributed by atoms with E-state index in [-0.39, 0.29) is 4.90 Å². The summed E-state index contributed by atoms with van der Waals surface area (Å²) in [6, 6.07) is 12.8. The summed E-state index contributed by atoms with van der Waals surface area (Å²) in [5.74, 6) is 0. The van der Waals surface area contributed by atoms with Gasteiger partial charge in [-0.15, -0.1) is 0 Å². The molecule has 0 aliphatic heterocycles. The van der Waals surface area contributed by atoms with E-state index in [0.717, 1.165) is 11.1 Å². The van der Waals surface area contributed by atoms with Gasteiger partial charge in [0.2, 0.25) is 0 Å². The lowest BCUT2D eigenvalue weighted by atomic mass is 10.2. The Morgan fingerprint density at radius 1 is 1.00 bits per heavy atom. The monoisotopic (exact) mass is 367 g/mol. The first-order valence-corrected chi connectivity index (χ1v) is 8.95. The molecular formula is C16H18BrNO2S. The molecule has 0 saturated heterocycles. The predicted octanol–water partition coefficient (Wildman–Crippen LogP) is 4.28. The lowest BCUT2D eigenvalue weighted by Crippen LogP contribution is -2.31. The first-order chi connectivity index (χ1) is 9.86. The summed E-state index contributed by atoms with van der Waals surface area (Å²) in [5.41, 5.74) is 2.79. The van der Waals surface area contributed by atoms with E-state index in [1.54, 1.807) is 12.1 Å². The molecule has 0 amide bonds. The molecule has 0 atom stereocenters. The van der Waals surface area contributed by atoms with Crippen molar-refractivity contribution >= 4 is 31.6 Å². The second-order valence-corrected chi connectivity index (χ2v) is 7.62. The highest BCUT2D eigenvalue weighted by Gasteiger charge is 2.25. The van der Waals surface area contributed by atoms with Gasteiger partial charge >= 0.3 is 0 Å². The van der Waals surface area contributed by atoms with Crippen LogP contribution in [-0.4, -0.2) is 15.0 Å². The van der Waals surface area contributed by atoms with Gasteiger partial charge in [-0.1, -0.05) is 23.8 Å². The summed E-state index contributed by atoms with van der Waals surface area (Å²) in [6.45, 7) is 6.12. The molecule has 5 heteroatoms. The summed E-state index contributed by atoms with van der Waals surface area (Å²) in [7, 11) is -3.58. The zero-order valence-electron chi connectivity index (χ0n) is 12.3. The molecule has 0 N–H and O–H groups in total. The van der Waals surface area contributed by atoms with Gasteiger partial charge in [-0.2, -0.15) is 0 Å². The lowest BCUT2D eigenvalue weighted by molar-refractivity contribution is 0.591. The highest BCUT2D eigenvalue weighted by molar-refractivity contribution is 9.10. The van der Waals surface area contributed by atoms with Crippen LogP contribution in [0.4, 0.5) is 5.69 Å². The normalized spacial score (nSPS) is 11.4. The molecule has 0 spiro atoms. The zero-order valence-corrected chi connectivity index (χ0v) is 14.7. The van der Waals surface area contributed by atoms with Crippen molar-refractivity contribution < 1.29 is 8.42 Å². The maximum Gasteiger partial charge on any atom is 0.265 e. The van der Waals surface area contributed by atoms with Crippen LogP contribution >= 0.6 is 15.9 Å². The van der Waals surface area contributed by atoms with Gasteiger partial charge in [-0.05, 0) is 66.5 Å². The standard InChI is InChI=1S/C16H18BrNO2S/c1-4-18(14-8-5-12(2)6-9-14)21(19,20)16-10-7-13(3)11-15(16)17/h5-11H,4H2,1-3H3. The number of nitrogens with zero attached hydrogens (tertiary/aromatic N) is 1. The average molecular weight is 368 g/mol. The molecule has 2 aromatic carbocycles. The van der Waals surface area contributed by atoms with Crippen LogP contribution in [0.5, 0.6) is 0 Å². The van der Waals surface area contributed by atoms with Crippen LogP contribution in [0.2, 0.25) is 0 Å². The SMILES string of the molecule is CCN(c1ccc(C)cc1)S(=O)(=O)c1ccc(C)cc1Br. The molecule has 0 bridgehead atoms. The summed E-state index contributed by atoms with van der Waals surface area (Å²) < 4.78 is 27.8. The molecule has 0 saturated carbocycles. The summed E-state index contributed by atoms with van der Waals surface area (Å²) in [4.78, 5) is 0.288. The largest absolute Gasteiger partial charge is 0.267 e. The minimum atomic E-state index is -3.58. The van der Waals surface area contributed by atoms with Crippen LogP contribution in [0.25, 0.3) is 0 Å². The van der Waals surface area contributed by atoms with Crippen molar-refractivity contribution in [2.45, 2.75) is 25.7 Å². The minimum absolute atomic E-state index is 0.288. The molecule has 0 heterocycles. The van der Waals surface area contributed by atoms with E-state index in [9.17, 15) is 8.42 Å². The highest BCUT2D eigenvalue weighted by atomic mass is 79.9. The van der Waals surface area contributed by atoms with Crippen LogP contribution < -0.4 is 4.31 Å². The van der Waals surface area contributed by atoms with E-state index in [2.05, 4.69) is 15.9 Å². The number of hydrogen-bond acceptors (Lipinski definition) is 2. The molecule has 3 nitrogen and oxygen atoms in total.